The molecule has 1 aliphatic rings. The Balaban J connectivity index is 2.19. The lowest BCUT2D eigenvalue weighted by molar-refractivity contribution is 0.193. The molecule has 0 spiro atoms. The van der Waals surface area contributed by atoms with Crippen LogP contribution >= 0.6 is 0 Å². The van der Waals surface area contributed by atoms with Crippen LogP contribution in [0.1, 0.15) is 37.8 Å². The first-order valence-corrected chi connectivity index (χ1v) is 7.19. The van der Waals surface area contributed by atoms with E-state index in [0.29, 0.717) is 6.04 Å². The minimum atomic E-state index is -0.498. The summed E-state index contributed by atoms with van der Waals surface area (Å²) < 4.78 is 0. The van der Waals surface area contributed by atoms with Gasteiger partial charge in [0.15, 0.2) is 0 Å². The van der Waals surface area contributed by atoms with Crippen molar-refractivity contribution in [3.63, 3.8) is 0 Å². The van der Waals surface area contributed by atoms with E-state index in [4.69, 9.17) is 5.73 Å². The predicted molar refractivity (Wildman–Crippen MR) is 80.6 cm³/mol. The third-order valence-corrected chi connectivity index (χ3v) is 4.04. The molecule has 0 bridgehead atoms. The first-order valence-electron chi connectivity index (χ1n) is 7.19. The molecule has 1 aliphatic heterocycles. The molecule has 3 nitrogen and oxygen atoms in total. The molecule has 0 fully saturated rings. The minimum absolute atomic E-state index is 0.0337. The van der Waals surface area contributed by atoms with Crippen LogP contribution in [-0.2, 0) is 6.42 Å². The number of hydrogen-bond donors (Lipinski definition) is 2. The fourth-order valence-corrected chi connectivity index (χ4v) is 3.06. The second-order valence-electron chi connectivity index (χ2n) is 6.29. The molecule has 1 heterocycles. The van der Waals surface area contributed by atoms with Crippen molar-refractivity contribution in [1.29, 1.82) is 0 Å². The smallest absolute Gasteiger partial charge is 0.0609 e. The van der Waals surface area contributed by atoms with Crippen LogP contribution in [0.2, 0.25) is 0 Å². The summed E-state index contributed by atoms with van der Waals surface area (Å²) >= 11 is 0. The van der Waals surface area contributed by atoms with E-state index in [-0.39, 0.29) is 6.61 Å². The lowest BCUT2D eigenvalue weighted by Gasteiger charge is -2.39. The highest BCUT2D eigenvalue weighted by molar-refractivity contribution is 5.57. The molecule has 0 aliphatic carbocycles. The van der Waals surface area contributed by atoms with Crippen molar-refractivity contribution in [3.05, 3.63) is 29.3 Å². The molecule has 2 rings (SSSR count). The molecule has 0 saturated carbocycles. The van der Waals surface area contributed by atoms with Crippen molar-refractivity contribution < 1.29 is 5.11 Å². The van der Waals surface area contributed by atoms with E-state index in [1.54, 1.807) is 0 Å². The van der Waals surface area contributed by atoms with Crippen LogP contribution in [0, 0.1) is 6.92 Å². The molecule has 1 aromatic carbocycles. The molecular formula is C16H26N2O. The Bertz CT molecular complexity index is 442. The van der Waals surface area contributed by atoms with Crippen molar-refractivity contribution in [1.82, 2.24) is 0 Å². The van der Waals surface area contributed by atoms with E-state index < -0.39 is 5.54 Å². The summed E-state index contributed by atoms with van der Waals surface area (Å²) in [6, 6.07) is 7.05. The van der Waals surface area contributed by atoms with Gasteiger partial charge in [-0.1, -0.05) is 17.7 Å². The van der Waals surface area contributed by atoms with Crippen molar-refractivity contribution in [2.45, 2.75) is 51.6 Å². The monoisotopic (exact) mass is 262 g/mol. The average molecular weight is 262 g/mol. The molecule has 0 amide bonds. The first kappa shape index (κ1) is 14.4. The normalized spacial score (nSPS) is 19.7. The van der Waals surface area contributed by atoms with Gasteiger partial charge in [-0.05, 0) is 51.7 Å². The second-order valence-corrected chi connectivity index (χ2v) is 6.29. The molecule has 2 unspecified atom stereocenters. The maximum atomic E-state index is 9.33. The van der Waals surface area contributed by atoms with Gasteiger partial charge in [-0.2, -0.15) is 0 Å². The molecule has 1 aromatic rings. The van der Waals surface area contributed by atoms with Crippen LogP contribution < -0.4 is 10.6 Å². The zero-order valence-corrected chi connectivity index (χ0v) is 12.3. The average Bonchev–Trinajstić information content (AvgIpc) is 2.37. The molecule has 2 atom stereocenters. The summed E-state index contributed by atoms with van der Waals surface area (Å²) in [6.07, 6.45) is 3.16. The standard InChI is InChI=1S/C16H26N2O/c1-12-6-7-15-14(9-12)5-4-8-18(15)13(2)10-16(3,17)11-19/h6-7,9,13,19H,4-5,8,10-11,17H2,1-3H3. The number of aliphatic hydroxyl groups is 1. The Morgan fingerprint density at radius 3 is 2.89 bits per heavy atom. The zero-order valence-electron chi connectivity index (χ0n) is 12.3. The summed E-state index contributed by atoms with van der Waals surface area (Å²) in [7, 11) is 0. The maximum absolute atomic E-state index is 9.33. The number of nitrogens with zero attached hydrogens (tertiary/aromatic N) is 1. The van der Waals surface area contributed by atoms with Crippen molar-refractivity contribution in [2.24, 2.45) is 5.73 Å². The van der Waals surface area contributed by atoms with E-state index in [0.717, 1.165) is 13.0 Å². The summed E-state index contributed by atoms with van der Waals surface area (Å²) in [4.78, 5) is 2.44. The minimum Gasteiger partial charge on any atom is -0.394 e. The molecule has 3 heteroatoms. The number of hydrogen-bond acceptors (Lipinski definition) is 3. The second kappa shape index (κ2) is 5.51. The van der Waals surface area contributed by atoms with Gasteiger partial charge >= 0.3 is 0 Å². The molecule has 0 radical (unpaired) electrons. The van der Waals surface area contributed by atoms with Crippen LogP contribution in [0.3, 0.4) is 0 Å². The first-order chi connectivity index (χ1) is 8.93. The van der Waals surface area contributed by atoms with Gasteiger partial charge in [0.1, 0.15) is 0 Å². The van der Waals surface area contributed by atoms with Crippen LogP contribution in [0.4, 0.5) is 5.69 Å². The van der Waals surface area contributed by atoms with Crippen molar-refractivity contribution in [3.8, 4) is 0 Å². The van der Waals surface area contributed by atoms with Crippen LogP contribution in [0.15, 0.2) is 18.2 Å². The fraction of sp³-hybridized carbons (Fsp3) is 0.625. The number of fused-ring (bicyclic) bond motifs is 1. The lowest BCUT2D eigenvalue weighted by Crippen LogP contribution is -2.48. The van der Waals surface area contributed by atoms with Gasteiger partial charge in [0, 0.05) is 23.8 Å². The number of aliphatic hydroxyl groups excluding tert-OH is 1. The molecule has 0 saturated heterocycles. The maximum Gasteiger partial charge on any atom is 0.0609 e. The Kier molecular flexibility index (Phi) is 4.16. The molecule has 106 valence electrons. The van der Waals surface area contributed by atoms with E-state index in [1.165, 1.54) is 29.7 Å². The summed E-state index contributed by atoms with van der Waals surface area (Å²) in [5, 5.41) is 9.33. The summed E-state index contributed by atoms with van der Waals surface area (Å²) in [5.41, 5.74) is 9.71. The third-order valence-electron chi connectivity index (χ3n) is 4.04. The predicted octanol–water partition coefficient (Wildman–Crippen LogP) is 2.24. The highest BCUT2D eigenvalue weighted by atomic mass is 16.3. The highest BCUT2D eigenvalue weighted by Gasteiger charge is 2.27. The van der Waals surface area contributed by atoms with E-state index in [1.807, 2.05) is 6.92 Å². The lowest BCUT2D eigenvalue weighted by atomic mass is 9.92. The van der Waals surface area contributed by atoms with Gasteiger partial charge in [-0.3, -0.25) is 0 Å². The molecule has 3 N–H and O–H groups in total. The topological polar surface area (TPSA) is 49.5 Å². The Labute approximate surface area is 116 Å². The molecular weight excluding hydrogens is 236 g/mol. The van der Waals surface area contributed by atoms with Gasteiger partial charge in [-0.15, -0.1) is 0 Å². The number of benzene rings is 1. The molecule has 0 aromatic heterocycles. The number of anilines is 1. The van der Waals surface area contributed by atoms with Gasteiger partial charge in [0.25, 0.3) is 0 Å². The Morgan fingerprint density at radius 1 is 1.47 bits per heavy atom. The quantitative estimate of drug-likeness (QED) is 0.875. The number of rotatable bonds is 4. The summed E-state index contributed by atoms with van der Waals surface area (Å²) in [5.74, 6) is 0. The summed E-state index contributed by atoms with van der Waals surface area (Å²) in [6.45, 7) is 7.38. The Hall–Kier alpha value is -1.06. The van der Waals surface area contributed by atoms with Crippen molar-refractivity contribution >= 4 is 5.69 Å². The van der Waals surface area contributed by atoms with Crippen LogP contribution in [-0.4, -0.2) is 29.8 Å². The van der Waals surface area contributed by atoms with E-state index in [9.17, 15) is 5.11 Å². The van der Waals surface area contributed by atoms with E-state index in [2.05, 4.69) is 36.9 Å². The zero-order chi connectivity index (χ0) is 14.0. The third kappa shape index (κ3) is 3.28. The van der Waals surface area contributed by atoms with Crippen LogP contribution in [0.25, 0.3) is 0 Å². The highest BCUT2D eigenvalue weighted by Crippen LogP contribution is 2.31. The molecule has 19 heavy (non-hydrogen) atoms. The SMILES string of the molecule is Cc1ccc2c(c1)CCCN2C(C)CC(C)(N)CO. The van der Waals surface area contributed by atoms with Gasteiger partial charge in [0.2, 0.25) is 0 Å². The number of nitrogens with two attached hydrogens (primary N) is 1. The van der Waals surface area contributed by atoms with E-state index >= 15 is 0 Å². The van der Waals surface area contributed by atoms with Crippen molar-refractivity contribution in [2.75, 3.05) is 18.1 Å². The fourth-order valence-electron chi connectivity index (χ4n) is 3.06. The number of aryl methyl sites for hydroxylation is 2. The van der Waals surface area contributed by atoms with Gasteiger partial charge < -0.3 is 15.7 Å². The largest absolute Gasteiger partial charge is 0.394 e. The van der Waals surface area contributed by atoms with Gasteiger partial charge in [-0.25, -0.2) is 0 Å². The van der Waals surface area contributed by atoms with Gasteiger partial charge in [0.05, 0.1) is 6.61 Å². The van der Waals surface area contributed by atoms with Crippen LogP contribution in [0.5, 0.6) is 0 Å². The Morgan fingerprint density at radius 2 is 2.21 bits per heavy atom.